The number of nitrogens with one attached hydrogen (secondary N) is 1. The molecule has 24 heavy (non-hydrogen) atoms. The molecular formula is C17H18N2O5. The zero-order valence-electron chi connectivity index (χ0n) is 13.7. The van der Waals surface area contributed by atoms with E-state index in [9.17, 15) is 14.9 Å². The summed E-state index contributed by atoms with van der Waals surface area (Å²) in [7, 11) is 1.41. The van der Waals surface area contributed by atoms with Gasteiger partial charge >= 0.3 is 5.69 Å². The van der Waals surface area contributed by atoms with Gasteiger partial charge in [-0.2, -0.15) is 0 Å². The van der Waals surface area contributed by atoms with Crippen LogP contribution in [0, 0.1) is 24.0 Å². The average molecular weight is 330 g/mol. The Morgan fingerprint density at radius 2 is 1.96 bits per heavy atom. The summed E-state index contributed by atoms with van der Waals surface area (Å²) in [5.74, 6) is -0.0440. The highest BCUT2D eigenvalue weighted by Gasteiger charge is 2.17. The minimum atomic E-state index is -0.583. The van der Waals surface area contributed by atoms with E-state index in [1.165, 1.54) is 25.3 Å². The zero-order valence-corrected chi connectivity index (χ0v) is 13.7. The molecule has 0 bridgehead atoms. The lowest BCUT2D eigenvalue weighted by Gasteiger charge is -2.10. The van der Waals surface area contributed by atoms with Gasteiger partial charge in [0.2, 0.25) is 0 Å². The molecule has 2 rings (SSSR count). The highest BCUT2D eigenvalue weighted by Crippen LogP contribution is 2.31. The van der Waals surface area contributed by atoms with Crippen molar-refractivity contribution in [2.24, 2.45) is 0 Å². The quantitative estimate of drug-likeness (QED) is 0.648. The van der Waals surface area contributed by atoms with Gasteiger partial charge in [-0.3, -0.25) is 14.9 Å². The number of ether oxygens (including phenoxy) is 2. The van der Waals surface area contributed by atoms with Gasteiger partial charge in [-0.25, -0.2) is 0 Å². The molecule has 0 atom stereocenters. The van der Waals surface area contributed by atoms with E-state index in [2.05, 4.69) is 5.32 Å². The number of nitro benzene ring substituents is 1. The maximum absolute atomic E-state index is 12.0. The molecule has 0 saturated heterocycles. The van der Waals surface area contributed by atoms with Gasteiger partial charge in [0.1, 0.15) is 5.75 Å². The van der Waals surface area contributed by atoms with E-state index in [0.29, 0.717) is 11.4 Å². The number of benzene rings is 2. The maximum Gasteiger partial charge on any atom is 0.314 e. The van der Waals surface area contributed by atoms with Crippen molar-refractivity contribution in [3.63, 3.8) is 0 Å². The van der Waals surface area contributed by atoms with Gasteiger partial charge in [0.25, 0.3) is 5.91 Å². The molecule has 0 fully saturated rings. The lowest BCUT2D eigenvalue weighted by atomic mass is 10.1. The number of aryl methyl sites for hydroxylation is 2. The van der Waals surface area contributed by atoms with Crippen LogP contribution in [0.4, 0.5) is 11.4 Å². The minimum absolute atomic E-state index is 0.0107. The predicted molar refractivity (Wildman–Crippen MR) is 89.7 cm³/mol. The van der Waals surface area contributed by atoms with Crippen LogP contribution in [0.1, 0.15) is 11.1 Å². The van der Waals surface area contributed by atoms with Crippen molar-refractivity contribution in [1.82, 2.24) is 0 Å². The summed E-state index contributed by atoms with van der Waals surface area (Å²) in [6.45, 7) is 3.52. The van der Waals surface area contributed by atoms with Gasteiger partial charge in [0.15, 0.2) is 12.4 Å². The number of amides is 1. The Kier molecular flexibility index (Phi) is 5.36. The van der Waals surface area contributed by atoms with Crippen LogP contribution >= 0.6 is 0 Å². The number of methoxy groups -OCH3 is 1. The van der Waals surface area contributed by atoms with Gasteiger partial charge in [-0.05, 0) is 37.6 Å². The summed E-state index contributed by atoms with van der Waals surface area (Å²) in [6.07, 6.45) is 0. The second-order valence-corrected chi connectivity index (χ2v) is 5.25. The van der Waals surface area contributed by atoms with E-state index < -0.39 is 10.8 Å². The molecule has 0 saturated carbocycles. The van der Waals surface area contributed by atoms with Gasteiger partial charge in [0.05, 0.1) is 18.1 Å². The second kappa shape index (κ2) is 7.45. The average Bonchev–Trinajstić information content (AvgIpc) is 2.55. The van der Waals surface area contributed by atoms with Gasteiger partial charge in [0, 0.05) is 5.69 Å². The van der Waals surface area contributed by atoms with E-state index in [1.54, 1.807) is 6.07 Å². The molecule has 0 spiro atoms. The van der Waals surface area contributed by atoms with Crippen LogP contribution in [0.25, 0.3) is 0 Å². The molecule has 1 N–H and O–H groups in total. The van der Waals surface area contributed by atoms with Crippen LogP contribution in [0.3, 0.4) is 0 Å². The van der Waals surface area contributed by atoms with Crippen molar-refractivity contribution in [2.45, 2.75) is 13.8 Å². The fourth-order valence-corrected chi connectivity index (χ4v) is 2.17. The molecular weight excluding hydrogens is 312 g/mol. The van der Waals surface area contributed by atoms with Crippen molar-refractivity contribution in [3.8, 4) is 11.5 Å². The van der Waals surface area contributed by atoms with E-state index in [1.807, 2.05) is 26.0 Å². The molecule has 0 radical (unpaired) electrons. The first-order valence-corrected chi connectivity index (χ1v) is 7.23. The van der Waals surface area contributed by atoms with E-state index in [4.69, 9.17) is 9.47 Å². The van der Waals surface area contributed by atoms with Crippen LogP contribution in [0.15, 0.2) is 36.4 Å². The summed E-state index contributed by atoms with van der Waals surface area (Å²) in [6, 6.07) is 9.82. The number of anilines is 1. The number of nitro groups is 1. The van der Waals surface area contributed by atoms with Crippen LogP contribution in [-0.2, 0) is 4.79 Å². The highest BCUT2D eigenvalue weighted by atomic mass is 16.6. The first-order valence-electron chi connectivity index (χ1n) is 7.23. The Hall–Kier alpha value is -3.09. The van der Waals surface area contributed by atoms with Crippen molar-refractivity contribution in [1.29, 1.82) is 0 Å². The summed E-state index contributed by atoms with van der Waals surface area (Å²) in [4.78, 5) is 22.5. The molecule has 7 heteroatoms. The van der Waals surface area contributed by atoms with Crippen molar-refractivity contribution >= 4 is 17.3 Å². The predicted octanol–water partition coefficient (Wildman–Crippen LogP) is 3.24. The number of rotatable bonds is 6. The Labute approximate surface area is 139 Å². The van der Waals surface area contributed by atoms with E-state index in [-0.39, 0.29) is 18.0 Å². The van der Waals surface area contributed by atoms with E-state index in [0.717, 1.165) is 11.1 Å². The van der Waals surface area contributed by atoms with Crippen LogP contribution in [-0.4, -0.2) is 24.5 Å². The number of hydrogen-bond acceptors (Lipinski definition) is 5. The van der Waals surface area contributed by atoms with Crippen molar-refractivity contribution in [2.75, 3.05) is 19.0 Å². The van der Waals surface area contributed by atoms with E-state index >= 15 is 0 Å². The molecule has 126 valence electrons. The Morgan fingerprint density at radius 1 is 1.21 bits per heavy atom. The van der Waals surface area contributed by atoms with Gasteiger partial charge < -0.3 is 14.8 Å². The molecule has 0 aliphatic heterocycles. The maximum atomic E-state index is 12.0. The fraction of sp³-hybridized carbons (Fsp3) is 0.235. The monoisotopic (exact) mass is 330 g/mol. The molecule has 0 aromatic heterocycles. The smallest absolute Gasteiger partial charge is 0.314 e. The molecule has 0 heterocycles. The first kappa shape index (κ1) is 17.3. The SMILES string of the molecule is COc1ccc(OCC(=O)Nc2ccc(C)cc2C)c([N+](=O)[O-])c1. The number of carbonyl (C=O) groups excluding carboxylic acids is 1. The fourth-order valence-electron chi connectivity index (χ4n) is 2.17. The lowest BCUT2D eigenvalue weighted by Crippen LogP contribution is -2.21. The largest absolute Gasteiger partial charge is 0.496 e. The van der Waals surface area contributed by atoms with Crippen LogP contribution in [0.2, 0.25) is 0 Å². The molecule has 1 amide bonds. The molecule has 7 nitrogen and oxygen atoms in total. The van der Waals surface area contributed by atoms with Gasteiger partial charge in [-0.15, -0.1) is 0 Å². The number of nitrogens with zero attached hydrogens (tertiary/aromatic N) is 1. The number of hydrogen-bond donors (Lipinski definition) is 1. The third-order valence-corrected chi connectivity index (χ3v) is 3.38. The summed E-state index contributed by atoms with van der Waals surface area (Å²) >= 11 is 0. The molecule has 2 aromatic carbocycles. The summed E-state index contributed by atoms with van der Waals surface area (Å²) in [5, 5.41) is 13.8. The zero-order chi connectivity index (χ0) is 17.7. The normalized spacial score (nSPS) is 10.1. The standard InChI is InChI=1S/C17H18N2O5/c1-11-4-6-14(12(2)8-11)18-17(20)10-24-16-7-5-13(23-3)9-15(16)19(21)22/h4-9H,10H2,1-3H3,(H,18,20). The van der Waals surface area contributed by atoms with Crippen molar-refractivity contribution in [3.05, 3.63) is 57.6 Å². The highest BCUT2D eigenvalue weighted by molar-refractivity contribution is 5.92. The topological polar surface area (TPSA) is 90.7 Å². The molecule has 2 aromatic rings. The Balaban J connectivity index is 2.05. The van der Waals surface area contributed by atoms with Crippen LogP contribution in [0.5, 0.6) is 11.5 Å². The second-order valence-electron chi connectivity index (χ2n) is 5.25. The third-order valence-electron chi connectivity index (χ3n) is 3.38. The molecule has 0 aliphatic carbocycles. The lowest BCUT2D eigenvalue weighted by molar-refractivity contribution is -0.385. The Morgan fingerprint density at radius 3 is 2.58 bits per heavy atom. The first-order chi connectivity index (χ1) is 11.4. The van der Waals surface area contributed by atoms with Crippen molar-refractivity contribution < 1.29 is 19.2 Å². The summed E-state index contributed by atoms with van der Waals surface area (Å²) in [5.41, 5.74) is 2.45. The molecule has 0 unspecified atom stereocenters. The molecule has 0 aliphatic rings. The minimum Gasteiger partial charge on any atom is -0.496 e. The Bertz CT molecular complexity index is 774. The van der Waals surface area contributed by atoms with Crippen LogP contribution < -0.4 is 14.8 Å². The number of carbonyl (C=O) groups is 1. The summed E-state index contributed by atoms with van der Waals surface area (Å²) < 4.78 is 10.2. The van der Waals surface area contributed by atoms with Gasteiger partial charge in [-0.1, -0.05) is 17.7 Å². The third kappa shape index (κ3) is 4.22.